The summed E-state index contributed by atoms with van der Waals surface area (Å²) >= 11 is 9.16. The lowest BCUT2D eigenvalue weighted by molar-refractivity contribution is 0.103. The molecule has 0 aliphatic rings. The fraction of sp³-hybridized carbons (Fsp3) is 0.133. The molecule has 0 spiro atoms. The molecule has 0 N–H and O–H groups in total. The van der Waals surface area contributed by atoms with Gasteiger partial charge < -0.3 is 9.47 Å². The van der Waals surface area contributed by atoms with Crippen molar-refractivity contribution in [2.45, 2.75) is 0 Å². The lowest BCUT2D eigenvalue weighted by atomic mass is 10.0. The summed E-state index contributed by atoms with van der Waals surface area (Å²) in [5.41, 5.74) is 0.445. The van der Waals surface area contributed by atoms with Crippen LogP contribution in [0, 0.1) is 5.82 Å². The SMILES string of the molecule is COc1ccc(C(=O)c2ccc(Br)c(F)c2)c(OC)c1Cl. The molecule has 0 aliphatic heterocycles. The van der Waals surface area contributed by atoms with Crippen LogP contribution >= 0.6 is 27.5 Å². The van der Waals surface area contributed by atoms with Gasteiger partial charge in [-0.05, 0) is 46.3 Å². The normalized spacial score (nSPS) is 10.3. The summed E-state index contributed by atoms with van der Waals surface area (Å²) < 4.78 is 24.1. The van der Waals surface area contributed by atoms with Crippen LogP contribution in [0.5, 0.6) is 11.5 Å². The second kappa shape index (κ2) is 6.45. The molecule has 2 aromatic rings. The minimum absolute atomic E-state index is 0.198. The molecule has 0 unspecified atom stereocenters. The van der Waals surface area contributed by atoms with Crippen LogP contribution in [0.4, 0.5) is 4.39 Å². The molecule has 0 atom stereocenters. The van der Waals surface area contributed by atoms with E-state index >= 15 is 0 Å². The van der Waals surface area contributed by atoms with Gasteiger partial charge in [0, 0.05) is 5.56 Å². The van der Waals surface area contributed by atoms with Gasteiger partial charge in [-0.2, -0.15) is 0 Å². The summed E-state index contributed by atoms with van der Waals surface area (Å²) in [5.74, 6) is -0.307. The van der Waals surface area contributed by atoms with E-state index in [-0.39, 0.29) is 27.7 Å². The number of methoxy groups -OCH3 is 2. The van der Waals surface area contributed by atoms with Gasteiger partial charge in [-0.3, -0.25) is 4.79 Å². The van der Waals surface area contributed by atoms with E-state index in [0.29, 0.717) is 10.2 Å². The first kappa shape index (κ1) is 15.8. The number of halogens is 3. The van der Waals surface area contributed by atoms with Gasteiger partial charge in [0.05, 0.1) is 24.3 Å². The van der Waals surface area contributed by atoms with E-state index in [2.05, 4.69) is 15.9 Å². The summed E-state index contributed by atoms with van der Waals surface area (Å²) in [4.78, 5) is 12.5. The Morgan fingerprint density at radius 2 is 1.90 bits per heavy atom. The lowest BCUT2D eigenvalue weighted by Gasteiger charge is -2.12. The van der Waals surface area contributed by atoms with Crippen LogP contribution in [0.3, 0.4) is 0 Å². The predicted octanol–water partition coefficient (Wildman–Crippen LogP) is 4.49. The summed E-state index contributed by atoms with van der Waals surface area (Å²) in [6.07, 6.45) is 0. The highest BCUT2D eigenvalue weighted by atomic mass is 79.9. The molecule has 110 valence electrons. The number of benzene rings is 2. The molecule has 0 aromatic heterocycles. The van der Waals surface area contributed by atoms with E-state index in [4.69, 9.17) is 21.1 Å². The zero-order valence-corrected chi connectivity index (χ0v) is 13.6. The standard InChI is InChI=1S/C15H11BrClFO3/c1-20-12-6-4-9(15(21-2)13(12)17)14(19)8-3-5-10(16)11(18)7-8/h3-7H,1-2H3. The molecule has 0 saturated heterocycles. The summed E-state index contributed by atoms with van der Waals surface area (Å²) in [6.45, 7) is 0. The van der Waals surface area contributed by atoms with Gasteiger partial charge in [-0.1, -0.05) is 11.6 Å². The molecule has 6 heteroatoms. The fourth-order valence-electron chi connectivity index (χ4n) is 1.87. The third-order valence-electron chi connectivity index (χ3n) is 2.91. The molecule has 21 heavy (non-hydrogen) atoms. The topological polar surface area (TPSA) is 35.5 Å². The maximum absolute atomic E-state index is 13.6. The van der Waals surface area contributed by atoms with Crippen LogP contribution in [0.1, 0.15) is 15.9 Å². The second-order valence-corrected chi connectivity index (χ2v) is 5.35. The highest BCUT2D eigenvalue weighted by Crippen LogP contribution is 2.37. The highest BCUT2D eigenvalue weighted by Gasteiger charge is 2.20. The maximum atomic E-state index is 13.6. The Labute approximate surface area is 134 Å². The molecular formula is C15H11BrClFO3. The van der Waals surface area contributed by atoms with Crippen molar-refractivity contribution < 1.29 is 18.7 Å². The molecular weight excluding hydrogens is 363 g/mol. The molecule has 0 saturated carbocycles. The van der Waals surface area contributed by atoms with Crippen molar-refractivity contribution in [3.63, 3.8) is 0 Å². The summed E-state index contributed by atoms with van der Waals surface area (Å²) in [5, 5.41) is 0.198. The van der Waals surface area contributed by atoms with E-state index in [0.717, 1.165) is 6.07 Å². The Kier molecular flexibility index (Phi) is 4.85. The Morgan fingerprint density at radius 3 is 2.48 bits per heavy atom. The van der Waals surface area contributed by atoms with Crippen LogP contribution in [0.25, 0.3) is 0 Å². The van der Waals surface area contributed by atoms with Gasteiger partial charge >= 0.3 is 0 Å². The van der Waals surface area contributed by atoms with Crippen LogP contribution in [0.2, 0.25) is 5.02 Å². The zero-order valence-electron chi connectivity index (χ0n) is 11.2. The monoisotopic (exact) mass is 372 g/mol. The van der Waals surface area contributed by atoms with E-state index in [1.165, 1.54) is 32.4 Å². The second-order valence-electron chi connectivity index (χ2n) is 4.12. The quantitative estimate of drug-likeness (QED) is 0.741. The van der Waals surface area contributed by atoms with Crippen molar-refractivity contribution in [1.29, 1.82) is 0 Å². The molecule has 0 amide bonds. The van der Waals surface area contributed by atoms with Gasteiger partial charge in [-0.15, -0.1) is 0 Å². The number of ether oxygens (including phenoxy) is 2. The van der Waals surface area contributed by atoms with Crippen LogP contribution in [0.15, 0.2) is 34.8 Å². The Morgan fingerprint density at radius 1 is 1.19 bits per heavy atom. The van der Waals surface area contributed by atoms with Crippen LogP contribution in [-0.4, -0.2) is 20.0 Å². The van der Waals surface area contributed by atoms with Crippen molar-refractivity contribution in [1.82, 2.24) is 0 Å². The summed E-state index contributed by atoms with van der Waals surface area (Å²) in [7, 11) is 2.87. The third-order valence-corrected chi connectivity index (χ3v) is 3.91. The first-order valence-electron chi connectivity index (χ1n) is 5.89. The van der Waals surface area contributed by atoms with E-state index < -0.39 is 5.82 Å². The predicted molar refractivity (Wildman–Crippen MR) is 82.1 cm³/mol. The molecule has 0 radical (unpaired) electrons. The average molecular weight is 374 g/mol. The molecule has 0 fully saturated rings. The van der Waals surface area contributed by atoms with Crippen molar-refractivity contribution in [3.05, 3.63) is 56.8 Å². The van der Waals surface area contributed by atoms with Crippen molar-refractivity contribution >= 4 is 33.3 Å². The molecule has 0 aliphatic carbocycles. The fourth-order valence-corrected chi connectivity index (χ4v) is 2.43. The minimum Gasteiger partial charge on any atom is -0.495 e. The number of ketones is 1. The third kappa shape index (κ3) is 3.04. The van der Waals surface area contributed by atoms with E-state index in [1.54, 1.807) is 6.07 Å². The number of hydrogen-bond donors (Lipinski definition) is 0. The van der Waals surface area contributed by atoms with Gasteiger partial charge in [0.15, 0.2) is 11.5 Å². The molecule has 3 nitrogen and oxygen atoms in total. The molecule has 2 aromatic carbocycles. The number of rotatable bonds is 4. The van der Waals surface area contributed by atoms with E-state index in [9.17, 15) is 9.18 Å². The molecule has 0 heterocycles. The van der Waals surface area contributed by atoms with Gasteiger partial charge in [0.1, 0.15) is 16.6 Å². The highest BCUT2D eigenvalue weighted by molar-refractivity contribution is 9.10. The molecule has 0 bridgehead atoms. The number of carbonyl (C=O) groups is 1. The zero-order chi connectivity index (χ0) is 15.6. The smallest absolute Gasteiger partial charge is 0.196 e. The molecule has 2 rings (SSSR count). The first-order chi connectivity index (χ1) is 9.99. The van der Waals surface area contributed by atoms with Crippen LogP contribution < -0.4 is 9.47 Å². The number of hydrogen-bond acceptors (Lipinski definition) is 3. The van der Waals surface area contributed by atoms with Gasteiger partial charge in [-0.25, -0.2) is 4.39 Å². The Balaban J connectivity index is 2.52. The van der Waals surface area contributed by atoms with Crippen molar-refractivity contribution in [3.8, 4) is 11.5 Å². The number of carbonyl (C=O) groups excluding carboxylic acids is 1. The average Bonchev–Trinajstić information content (AvgIpc) is 2.49. The summed E-state index contributed by atoms with van der Waals surface area (Å²) in [6, 6.07) is 7.25. The first-order valence-corrected chi connectivity index (χ1v) is 7.07. The van der Waals surface area contributed by atoms with Crippen molar-refractivity contribution in [2.24, 2.45) is 0 Å². The maximum Gasteiger partial charge on any atom is 0.196 e. The minimum atomic E-state index is -0.514. The van der Waals surface area contributed by atoms with Crippen LogP contribution in [-0.2, 0) is 0 Å². The van der Waals surface area contributed by atoms with Gasteiger partial charge in [0.25, 0.3) is 0 Å². The Hall–Kier alpha value is -1.59. The van der Waals surface area contributed by atoms with Crippen molar-refractivity contribution in [2.75, 3.05) is 14.2 Å². The van der Waals surface area contributed by atoms with Gasteiger partial charge in [0.2, 0.25) is 0 Å². The largest absolute Gasteiger partial charge is 0.495 e. The Bertz CT molecular complexity index is 704. The lowest BCUT2D eigenvalue weighted by Crippen LogP contribution is -2.05. The van der Waals surface area contributed by atoms with E-state index in [1.807, 2.05) is 0 Å².